The van der Waals surface area contributed by atoms with E-state index < -0.39 is 0 Å². The minimum absolute atomic E-state index is 0.259. The van der Waals surface area contributed by atoms with E-state index >= 15 is 0 Å². The normalized spacial score (nSPS) is 16.1. The van der Waals surface area contributed by atoms with Crippen LogP contribution >= 0.6 is 11.6 Å². The minimum atomic E-state index is 0.259. The molecule has 0 spiro atoms. The molecular formula is C20H16ClN. The van der Waals surface area contributed by atoms with Gasteiger partial charge in [0.15, 0.2) is 0 Å². The Morgan fingerprint density at radius 2 is 1.59 bits per heavy atom. The fourth-order valence-corrected chi connectivity index (χ4v) is 3.39. The van der Waals surface area contributed by atoms with Gasteiger partial charge in [-0.05, 0) is 46.9 Å². The Labute approximate surface area is 135 Å². The molecular weight excluding hydrogens is 290 g/mol. The first-order valence-corrected chi connectivity index (χ1v) is 7.88. The predicted molar refractivity (Wildman–Crippen MR) is 93.4 cm³/mol. The quantitative estimate of drug-likeness (QED) is 0.639. The molecule has 22 heavy (non-hydrogen) atoms. The summed E-state index contributed by atoms with van der Waals surface area (Å²) >= 11 is 6.33. The molecule has 0 fully saturated rings. The summed E-state index contributed by atoms with van der Waals surface area (Å²) in [4.78, 5) is 0. The maximum Gasteiger partial charge on any atom is 0.0569 e. The molecule has 0 saturated heterocycles. The highest BCUT2D eigenvalue weighted by Crippen LogP contribution is 2.38. The van der Waals surface area contributed by atoms with Crippen molar-refractivity contribution in [3.63, 3.8) is 0 Å². The van der Waals surface area contributed by atoms with Crippen LogP contribution in [-0.4, -0.2) is 0 Å². The highest BCUT2D eigenvalue weighted by Gasteiger charge is 2.23. The molecule has 0 saturated carbocycles. The van der Waals surface area contributed by atoms with E-state index in [1.165, 1.54) is 27.9 Å². The molecule has 1 N–H and O–H groups in total. The van der Waals surface area contributed by atoms with Crippen molar-refractivity contribution in [2.75, 3.05) is 5.32 Å². The standard InChI is InChI=1S/C20H16ClN/c21-18-9-5-4-8-17(18)20-13-16-12-15(10-11-19(16)22-20)14-6-2-1-3-7-14/h1-12,20,22H,13H2. The molecule has 1 unspecified atom stereocenters. The van der Waals surface area contributed by atoms with Crippen LogP contribution in [0, 0.1) is 0 Å². The van der Waals surface area contributed by atoms with Gasteiger partial charge in [0.05, 0.1) is 6.04 Å². The zero-order valence-corrected chi connectivity index (χ0v) is 12.8. The van der Waals surface area contributed by atoms with Crippen LogP contribution in [0.4, 0.5) is 5.69 Å². The summed E-state index contributed by atoms with van der Waals surface area (Å²) in [6.45, 7) is 0. The third-order valence-corrected chi connectivity index (χ3v) is 4.59. The number of hydrogen-bond donors (Lipinski definition) is 1. The molecule has 108 valence electrons. The number of hydrogen-bond acceptors (Lipinski definition) is 1. The Bertz CT molecular complexity index is 811. The number of anilines is 1. The highest BCUT2D eigenvalue weighted by molar-refractivity contribution is 6.31. The Hall–Kier alpha value is -2.25. The lowest BCUT2D eigenvalue weighted by atomic mass is 9.99. The SMILES string of the molecule is Clc1ccccc1C1Cc2cc(-c3ccccc3)ccc2N1. The summed E-state index contributed by atoms with van der Waals surface area (Å²) in [5.41, 5.74) is 6.25. The van der Waals surface area contributed by atoms with Crippen LogP contribution in [0.5, 0.6) is 0 Å². The van der Waals surface area contributed by atoms with Crippen molar-refractivity contribution in [2.24, 2.45) is 0 Å². The molecule has 2 heteroatoms. The van der Waals surface area contributed by atoms with Crippen LogP contribution in [-0.2, 0) is 6.42 Å². The van der Waals surface area contributed by atoms with Crippen molar-refractivity contribution in [1.29, 1.82) is 0 Å². The molecule has 1 aliphatic heterocycles. The largest absolute Gasteiger partial charge is 0.378 e. The van der Waals surface area contributed by atoms with Crippen LogP contribution in [0.1, 0.15) is 17.2 Å². The summed E-state index contributed by atoms with van der Waals surface area (Å²) < 4.78 is 0. The van der Waals surface area contributed by atoms with Crippen molar-refractivity contribution in [2.45, 2.75) is 12.5 Å². The zero-order valence-electron chi connectivity index (χ0n) is 12.1. The topological polar surface area (TPSA) is 12.0 Å². The van der Waals surface area contributed by atoms with E-state index in [4.69, 9.17) is 11.6 Å². The van der Waals surface area contributed by atoms with E-state index in [-0.39, 0.29) is 6.04 Å². The molecule has 0 aromatic heterocycles. The summed E-state index contributed by atoms with van der Waals surface area (Å²) in [7, 11) is 0. The molecule has 0 bridgehead atoms. The van der Waals surface area contributed by atoms with E-state index in [1.807, 2.05) is 24.3 Å². The number of rotatable bonds is 2. The first-order valence-electron chi connectivity index (χ1n) is 7.50. The average molecular weight is 306 g/mol. The Kier molecular flexibility index (Phi) is 3.36. The molecule has 3 aromatic rings. The van der Waals surface area contributed by atoms with E-state index in [9.17, 15) is 0 Å². The monoisotopic (exact) mass is 305 g/mol. The lowest BCUT2D eigenvalue weighted by molar-refractivity contribution is 0.824. The third-order valence-electron chi connectivity index (χ3n) is 4.25. The second kappa shape index (κ2) is 5.51. The number of fused-ring (bicyclic) bond motifs is 1. The molecule has 4 rings (SSSR count). The maximum absolute atomic E-state index is 6.33. The molecule has 1 heterocycles. The van der Waals surface area contributed by atoms with Crippen molar-refractivity contribution in [3.8, 4) is 11.1 Å². The van der Waals surface area contributed by atoms with Gasteiger partial charge in [0.25, 0.3) is 0 Å². The highest BCUT2D eigenvalue weighted by atomic mass is 35.5. The van der Waals surface area contributed by atoms with Gasteiger partial charge in [-0.3, -0.25) is 0 Å². The second-order valence-corrected chi connectivity index (χ2v) is 6.07. The van der Waals surface area contributed by atoms with Gasteiger partial charge in [0.2, 0.25) is 0 Å². The number of benzene rings is 3. The fourth-order valence-electron chi connectivity index (χ4n) is 3.12. The van der Waals surface area contributed by atoms with Gasteiger partial charge in [-0.25, -0.2) is 0 Å². The Morgan fingerprint density at radius 1 is 0.818 bits per heavy atom. The zero-order chi connectivity index (χ0) is 14.9. The van der Waals surface area contributed by atoms with E-state index in [1.54, 1.807) is 0 Å². The van der Waals surface area contributed by atoms with E-state index in [2.05, 4.69) is 53.8 Å². The second-order valence-electron chi connectivity index (χ2n) is 5.66. The van der Waals surface area contributed by atoms with Crippen molar-refractivity contribution in [3.05, 3.63) is 88.9 Å². The molecule has 1 atom stereocenters. The lowest BCUT2D eigenvalue weighted by Crippen LogP contribution is -2.05. The van der Waals surface area contributed by atoms with Crippen LogP contribution < -0.4 is 5.32 Å². The smallest absolute Gasteiger partial charge is 0.0569 e. The van der Waals surface area contributed by atoms with Gasteiger partial charge < -0.3 is 5.32 Å². The van der Waals surface area contributed by atoms with Gasteiger partial charge in [-0.2, -0.15) is 0 Å². The van der Waals surface area contributed by atoms with Crippen LogP contribution in [0.15, 0.2) is 72.8 Å². The molecule has 0 amide bonds. The first kappa shape index (κ1) is 13.4. The molecule has 0 radical (unpaired) electrons. The van der Waals surface area contributed by atoms with Crippen molar-refractivity contribution in [1.82, 2.24) is 0 Å². The minimum Gasteiger partial charge on any atom is -0.378 e. The molecule has 1 nitrogen and oxygen atoms in total. The average Bonchev–Trinajstić information content (AvgIpc) is 2.99. The van der Waals surface area contributed by atoms with Crippen molar-refractivity contribution < 1.29 is 0 Å². The molecule has 3 aromatic carbocycles. The summed E-state index contributed by atoms with van der Waals surface area (Å²) in [5, 5.41) is 4.42. The number of nitrogens with one attached hydrogen (secondary N) is 1. The van der Waals surface area contributed by atoms with Crippen molar-refractivity contribution >= 4 is 17.3 Å². The van der Waals surface area contributed by atoms with Gasteiger partial charge in [-0.15, -0.1) is 0 Å². The van der Waals surface area contributed by atoms with Gasteiger partial charge in [-0.1, -0.05) is 66.2 Å². The third kappa shape index (κ3) is 2.38. The maximum atomic E-state index is 6.33. The first-order chi connectivity index (χ1) is 10.8. The Balaban J connectivity index is 1.66. The summed E-state index contributed by atoms with van der Waals surface area (Å²) in [5.74, 6) is 0. The van der Waals surface area contributed by atoms with E-state index in [0.717, 1.165) is 11.4 Å². The van der Waals surface area contributed by atoms with Crippen LogP contribution in [0.3, 0.4) is 0 Å². The van der Waals surface area contributed by atoms with Crippen LogP contribution in [0.2, 0.25) is 5.02 Å². The van der Waals surface area contributed by atoms with Gasteiger partial charge >= 0.3 is 0 Å². The van der Waals surface area contributed by atoms with Crippen LogP contribution in [0.25, 0.3) is 11.1 Å². The predicted octanol–water partition coefficient (Wildman–Crippen LogP) is 5.72. The van der Waals surface area contributed by atoms with Gasteiger partial charge in [0.1, 0.15) is 0 Å². The summed E-state index contributed by atoms with van der Waals surface area (Å²) in [6.07, 6.45) is 0.972. The number of halogens is 1. The molecule has 1 aliphatic rings. The fraction of sp³-hybridized carbons (Fsp3) is 0.100. The molecule has 0 aliphatic carbocycles. The van der Waals surface area contributed by atoms with E-state index in [0.29, 0.717) is 0 Å². The Morgan fingerprint density at radius 3 is 2.41 bits per heavy atom. The van der Waals surface area contributed by atoms with Gasteiger partial charge in [0, 0.05) is 10.7 Å². The summed E-state index contributed by atoms with van der Waals surface area (Å²) in [6, 6.07) is 25.5. The lowest BCUT2D eigenvalue weighted by Gasteiger charge is -2.13.